The van der Waals surface area contributed by atoms with Crippen LogP contribution in [0.1, 0.15) is 22.3 Å². The highest BCUT2D eigenvalue weighted by Gasteiger charge is 2.24. The average Bonchev–Trinajstić information content (AvgIpc) is 3.09. The third-order valence-corrected chi connectivity index (χ3v) is 5.72. The van der Waals surface area contributed by atoms with Gasteiger partial charge in [0.25, 0.3) is 0 Å². The number of esters is 1. The fourth-order valence-electron chi connectivity index (χ4n) is 2.92. The van der Waals surface area contributed by atoms with Crippen LogP contribution in [0.2, 0.25) is 0 Å². The van der Waals surface area contributed by atoms with Gasteiger partial charge < -0.3 is 9.47 Å². The molecule has 0 bridgehead atoms. The molecule has 3 aromatic carbocycles. The van der Waals surface area contributed by atoms with Crippen molar-refractivity contribution in [2.45, 2.75) is 13.5 Å². The van der Waals surface area contributed by atoms with E-state index in [-0.39, 0.29) is 24.0 Å². The van der Waals surface area contributed by atoms with Crippen LogP contribution >= 0.6 is 31.9 Å². The van der Waals surface area contributed by atoms with Gasteiger partial charge in [0.15, 0.2) is 5.70 Å². The maximum absolute atomic E-state index is 13.1. The standard InChI is InChI=1S/C24H16Br2FNO3/c1-14-2-6-17(7-3-14)23-28-21(24(29)31-23)12-16-10-19(25)22(20(26)11-16)30-13-15-4-8-18(27)9-5-15/h2-12H,13H2,1H3/b21-12-. The number of hydrogen-bond donors (Lipinski definition) is 0. The zero-order chi connectivity index (χ0) is 22.0. The first-order valence-corrected chi connectivity index (χ1v) is 10.9. The van der Waals surface area contributed by atoms with Crippen molar-refractivity contribution in [2.24, 2.45) is 4.99 Å². The van der Waals surface area contributed by atoms with Gasteiger partial charge in [0.2, 0.25) is 5.90 Å². The number of rotatable bonds is 5. The van der Waals surface area contributed by atoms with Crippen LogP contribution in [0, 0.1) is 12.7 Å². The smallest absolute Gasteiger partial charge is 0.363 e. The van der Waals surface area contributed by atoms with Crippen LogP contribution in [0.25, 0.3) is 6.08 Å². The molecular formula is C24H16Br2FNO3. The van der Waals surface area contributed by atoms with Crippen molar-refractivity contribution in [3.8, 4) is 5.75 Å². The number of aryl methyl sites for hydroxylation is 1. The maximum atomic E-state index is 13.1. The largest absolute Gasteiger partial charge is 0.487 e. The van der Waals surface area contributed by atoms with Gasteiger partial charge in [-0.15, -0.1) is 0 Å². The van der Waals surface area contributed by atoms with Crippen LogP contribution in [0.3, 0.4) is 0 Å². The second kappa shape index (κ2) is 9.16. The lowest BCUT2D eigenvalue weighted by atomic mass is 10.1. The molecule has 156 valence electrons. The number of nitrogens with zero attached hydrogens (tertiary/aromatic N) is 1. The Morgan fingerprint density at radius 2 is 1.68 bits per heavy atom. The lowest BCUT2D eigenvalue weighted by Gasteiger charge is -2.11. The molecule has 1 heterocycles. The van der Waals surface area contributed by atoms with Gasteiger partial charge in [-0.05, 0) is 92.4 Å². The van der Waals surface area contributed by atoms with Gasteiger partial charge in [-0.25, -0.2) is 14.2 Å². The van der Waals surface area contributed by atoms with Crippen LogP contribution in [-0.2, 0) is 16.1 Å². The van der Waals surface area contributed by atoms with Gasteiger partial charge in [0.05, 0.1) is 8.95 Å². The fraction of sp³-hybridized carbons (Fsp3) is 0.0833. The molecule has 0 fully saturated rings. The van der Waals surface area contributed by atoms with Crippen molar-refractivity contribution >= 4 is 49.8 Å². The highest BCUT2D eigenvalue weighted by Crippen LogP contribution is 2.36. The Kier molecular flexibility index (Phi) is 6.34. The zero-order valence-corrected chi connectivity index (χ0v) is 19.5. The van der Waals surface area contributed by atoms with Crippen molar-refractivity contribution in [1.82, 2.24) is 0 Å². The molecule has 4 nitrogen and oxygen atoms in total. The molecule has 3 aromatic rings. The first-order valence-electron chi connectivity index (χ1n) is 9.35. The summed E-state index contributed by atoms with van der Waals surface area (Å²) in [7, 11) is 0. The lowest BCUT2D eigenvalue weighted by Crippen LogP contribution is -2.05. The Balaban J connectivity index is 1.54. The molecular weight excluding hydrogens is 529 g/mol. The van der Waals surface area contributed by atoms with Crippen molar-refractivity contribution in [2.75, 3.05) is 0 Å². The molecule has 1 aliphatic heterocycles. The Labute approximate surface area is 195 Å². The summed E-state index contributed by atoms with van der Waals surface area (Å²) in [6, 6.07) is 17.4. The normalized spacial score (nSPS) is 14.5. The summed E-state index contributed by atoms with van der Waals surface area (Å²) in [5.41, 5.74) is 3.66. The van der Waals surface area contributed by atoms with E-state index in [1.54, 1.807) is 18.2 Å². The van der Waals surface area contributed by atoms with Gasteiger partial charge in [0, 0.05) is 5.56 Å². The molecule has 0 aliphatic carbocycles. The third-order valence-electron chi connectivity index (χ3n) is 4.54. The van der Waals surface area contributed by atoms with Gasteiger partial charge in [0.1, 0.15) is 18.2 Å². The lowest BCUT2D eigenvalue weighted by molar-refractivity contribution is -0.129. The number of benzene rings is 3. The molecule has 0 atom stereocenters. The van der Waals surface area contributed by atoms with E-state index in [0.717, 1.165) is 22.3 Å². The second-order valence-electron chi connectivity index (χ2n) is 6.93. The highest BCUT2D eigenvalue weighted by atomic mass is 79.9. The van der Waals surface area contributed by atoms with Gasteiger partial charge in [-0.2, -0.15) is 0 Å². The van der Waals surface area contributed by atoms with Crippen LogP contribution in [0.5, 0.6) is 5.75 Å². The molecule has 0 spiro atoms. The van der Waals surface area contributed by atoms with Crippen molar-refractivity contribution in [1.29, 1.82) is 0 Å². The molecule has 0 N–H and O–H groups in total. The second-order valence-corrected chi connectivity index (χ2v) is 8.64. The summed E-state index contributed by atoms with van der Waals surface area (Å²) in [4.78, 5) is 16.6. The first kappa shape index (κ1) is 21.5. The Morgan fingerprint density at radius 1 is 1.03 bits per heavy atom. The minimum Gasteiger partial charge on any atom is -0.487 e. The Morgan fingerprint density at radius 3 is 2.32 bits per heavy atom. The molecule has 31 heavy (non-hydrogen) atoms. The minimum atomic E-state index is -0.501. The van der Waals surface area contributed by atoms with Crippen LogP contribution < -0.4 is 4.74 Å². The number of ether oxygens (including phenoxy) is 2. The zero-order valence-electron chi connectivity index (χ0n) is 16.4. The van der Waals surface area contributed by atoms with E-state index in [2.05, 4.69) is 36.9 Å². The number of carbonyl (C=O) groups is 1. The van der Waals surface area contributed by atoms with Gasteiger partial charge in [-0.1, -0.05) is 29.8 Å². The van der Waals surface area contributed by atoms with E-state index in [1.807, 2.05) is 43.3 Å². The van der Waals surface area contributed by atoms with E-state index in [0.29, 0.717) is 14.7 Å². The SMILES string of the molecule is Cc1ccc(C2=N/C(=C\c3cc(Br)c(OCc4ccc(F)cc4)c(Br)c3)C(=O)O2)cc1. The van der Waals surface area contributed by atoms with Crippen molar-refractivity contribution < 1.29 is 18.7 Å². The van der Waals surface area contributed by atoms with Crippen molar-refractivity contribution in [3.63, 3.8) is 0 Å². The summed E-state index contributed by atoms with van der Waals surface area (Å²) in [6.07, 6.45) is 1.66. The Hall–Kier alpha value is -2.77. The van der Waals surface area contributed by atoms with Gasteiger partial charge >= 0.3 is 5.97 Å². The summed E-state index contributed by atoms with van der Waals surface area (Å²) in [5, 5.41) is 0. The van der Waals surface area contributed by atoms with E-state index in [4.69, 9.17) is 9.47 Å². The first-order chi connectivity index (χ1) is 14.9. The van der Waals surface area contributed by atoms with Crippen LogP contribution in [0.15, 0.2) is 80.3 Å². The third kappa shape index (κ3) is 5.11. The maximum Gasteiger partial charge on any atom is 0.363 e. The van der Waals surface area contributed by atoms with E-state index in [9.17, 15) is 9.18 Å². The molecule has 0 radical (unpaired) electrons. The fourth-order valence-corrected chi connectivity index (χ4v) is 4.37. The quantitative estimate of drug-likeness (QED) is 0.269. The topological polar surface area (TPSA) is 47.9 Å². The monoisotopic (exact) mass is 543 g/mol. The number of halogens is 3. The molecule has 0 aromatic heterocycles. The van der Waals surface area contributed by atoms with Crippen LogP contribution in [0.4, 0.5) is 4.39 Å². The molecule has 0 saturated heterocycles. The predicted molar refractivity (Wildman–Crippen MR) is 124 cm³/mol. The number of hydrogen-bond acceptors (Lipinski definition) is 4. The number of cyclic esters (lactones) is 1. The predicted octanol–water partition coefficient (Wildman–Crippen LogP) is 6.58. The average molecular weight is 545 g/mol. The summed E-state index contributed by atoms with van der Waals surface area (Å²) in [5.74, 6) is 0.0968. The van der Waals surface area contributed by atoms with E-state index < -0.39 is 5.97 Å². The van der Waals surface area contributed by atoms with E-state index in [1.165, 1.54) is 12.1 Å². The molecule has 0 saturated carbocycles. The summed E-state index contributed by atoms with van der Waals surface area (Å²) in [6.45, 7) is 2.27. The molecule has 7 heteroatoms. The minimum absolute atomic E-state index is 0.217. The van der Waals surface area contributed by atoms with Gasteiger partial charge in [-0.3, -0.25) is 0 Å². The molecule has 1 aliphatic rings. The molecule has 0 amide bonds. The van der Waals surface area contributed by atoms with E-state index >= 15 is 0 Å². The van der Waals surface area contributed by atoms with Crippen LogP contribution in [-0.4, -0.2) is 11.9 Å². The molecule has 4 rings (SSSR count). The Bertz CT molecular complexity index is 1180. The number of aliphatic imine (C=N–C) groups is 1. The summed E-state index contributed by atoms with van der Waals surface area (Å²) >= 11 is 7.01. The molecule has 0 unspecified atom stereocenters. The highest BCUT2D eigenvalue weighted by molar-refractivity contribution is 9.11. The summed E-state index contributed by atoms with van der Waals surface area (Å²) < 4.78 is 25.6. The van der Waals surface area contributed by atoms with Crippen molar-refractivity contribution in [3.05, 3.63) is 103 Å². The number of carbonyl (C=O) groups excluding carboxylic acids is 1.